The van der Waals surface area contributed by atoms with Crippen molar-refractivity contribution >= 4 is 44.8 Å². The quantitative estimate of drug-likeness (QED) is 0.837. The van der Waals surface area contributed by atoms with Crippen LogP contribution in [-0.4, -0.2) is 21.9 Å². The first-order valence-electron chi connectivity index (χ1n) is 6.32. The number of halogens is 2. The van der Waals surface area contributed by atoms with Crippen LogP contribution in [0.5, 0.6) is 0 Å². The highest BCUT2D eigenvalue weighted by Gasteiger charge is 2.22. The number of likely N-dealkylation sites (tertiary alicyclic amines) is 1. The van der Waals surface area contributed by atoms with E-state index in [1.165, 1.54) is 24.4 Å². The zero-order valence-electron chi connectivity index (χ0n) is 10.5. The lowest BCUT2D eigenvalue weighted by Crippen LogP contribution is -2.31. The number of benzene rings is 1. The maximum absolute atomic E-state index is 12.4. The van der Waals surface area contributed by atoms with Crippen molar-refractivity contribution in [2.45, 2.75) is 25.9 Å². The molecule has 0 amide bonds. The number of hydrogen-bond donors (Lipinski definition) is 0. The lowest BCUT2D eigenvalue weighted by molar-refractivity contribution is 0.202. The van der Waals surface area contributed by atoms with Crippen LogP contribution in [-0.2, 0) is 0 Å². The predicted octanol–water partition coefficient (Wildman–Crippen LogP) is 3.98. The van der Waals surface area contributed by atoms with Crippen LogP contribution in [0.1, 0.15) is 25.9 Å². The topological polar surface area (TPSA) is 25.2 Å². The Morgan fingerprint density at radius 1 is 1.21 bits per heavy atom. The summed E-state index contributed by atoms with van der Waals surface area (Å²) in [4.78, 5) is 14.8. The van der Waals surface area contributed by atoms with E-state index in [1.807, 2.05) is 3.96 Å². The van der Waals surface area contributed by atoms with E-state index in [4.69, 9.17) is 23.2 Å². The summed E-state index contributed by atoms with van der Waals surface area (Å²) >= 11 is 13.5. The highest BCUT2D eigenvalue weighted by atomic mass is 35.5. The molecule has 0 bridgehead atoms. The van der Waals surface area contributed by atoms with Gasteiger partial charge in [0.25, 0.3) is 5.56 Å². The van der Waals surface area contributed by atoms with Gasteiger partial charge in [0, 0.05) is 13.1 Å². The molecule has 0 N–H and O–H groups in total. The second-order valence-corrected chi connectivity index (χ2v) is 6.69. The van der Waals surface area contributed by atoms with Gasteiger partial charge in [0.1, 0.15) is 0 Å². The number of aromatic nitrogens is 1. The third-order valence-electron chi connectivity index (χ3n) is 3.66. The largest absolute Gasteiger partial charge is 0.283 e. The van der Waals surface area contributed by atoms with Gasteiger partial charge in [0.15, 0.2) is 0 Å². The summed E-state index contributed by atoms with van der Waals surface area (Å²) in [7, 11) is 0. The lowest BCUT2D eigenvalue weighted by Gasteiger charge is -2.23. The van der Waals surface area contributed by atoms with Gasteiger partial charge in [-0.2, -0.15) is 0 Å². The average Bonchev–Trinajstić information content (AvgIpc) is 3.00. The van der Waals surface area contributed by atoms with Crippen molar-refractivity contribution in [2.75, 3.05) is 13.1 Å². The Balaban J connectivity index is 2.09. The standard InChI is InChI=1S/C13H14Cl2N2OS/c1-8(16-4-2-3-5-16)17-13(18)9-6-10(14)11(15)7-12(9)19-17/h6-8H,2-5H2,1H3. The molecule has 1 atom stereocenters. The zero-order valence-corrected chi connectivity index (χ0v) is 12.9. The SMILES string of the molecule is CC(N1CCCC1)n1sc2cc(Cl)c(Cl)cc2c1=O. The molecule has 0 radical (unpaired) electrons. The minimum atomic E-state index is 0.0259. The van der Waals surface area contributed by atoms with Crippen molar-refractivity contribution < 1.29 is 0 Å². The molecule has 1 saturated heterocycles. The first kappa shape index (κ1) is 13.4. The van der Waals surface area contributed by atoms with Crippen molar-refractivity contribution in [1.29, 1.82) is 0 Å². The maximum atomic E-state index is 12.4. The normalized spacial score (nSPS) is 18.3. The van der Waals surface area contributed by atoms with Crippen LogP contribution in [0, 0.1) is 0 Å². The molecule has 1 aromatic heterocycles. The van der Waals surface area contributed by atoms with Crippen molar-refractivity contribution in [2.24, 2.45) is 0 Å². The minimum absolute atomic E-state index is 0.0259. The molecule has 0 saturated carbocycles. The Morgan fingerprint density at radius 2 is 1.84 bits per heavy atom. The van der Waals surface area contributed by atoms with E-state index in [2.05, 4.69) is 11.8 Å². The summed E-state index contributed by atoms with van der Waals surface area (Å²) in [5.74, 6) is 0. The molecule has 1 fully saturated rings. The van der Waals surface area contributed by atoms with Crippen LogP contribution >= 0.6 is 34.7 Å². The Kier molecular flexibility index (Phi) is 3.60. The monoisotopic (exact) mass is 316 g/mol. The second kappa shape index (κ2) is 5.09. The number of fused-ring (bicyclic) bond motifs is 1. The van der Waals surface area contributed by atoms with Gasteiger partial charge in [-0.05, 0) is 31.9 Å². The third kappa shape index (κ3) is 2.31. The van der Waals surface area contributed by atoms with Crippen LogP contribution in [0.4, 0.5) is 0 Å². The van der Waals surface area contributed by atoms with Crippen LogP contribution in [0.2, 0.25) is 10.0 Å². The summed E-state index contributed by atoms with van der Waals surface area (Å²) in [6, 6.07) is 3.45. The Hall–Kier alpha value is -0.550. The highest BCUT2D eigenvalue weighted by molar-refractivity contribution is 7.14. The molecule has 2 aromatic rings. The predicted molar refractivity (Wildman–Crippen MR) is 81.6 cm³/mol. The molecule has 3 nitrogen and oxygen atoms in total. The maximum Gasteiger partial charge on any atom is 0.270 e. The summed E-state index contributed by atoms with van der Waals surface area (Å²) in [6.45, 7) is 4.19. The van der Waals surface area contributed by atoms with Gasteiger partial charge in [0.05, 0.1) is 26.3 Å². The van der Waals surface area contributed by atoms with Crippen LogP contribution in [0.25, 0.3) is 10.1 Å². The van der Waals surface area contributed by atoms with Crippen LogP contribution < -0.4 is 5.56 Å². The van der Waals surface area contributed by atoms with Gasteiger partial charge in [-0.1, -0.05) is 34.7 Å². The molecule has 102 valence electrons. The molecule has 3 rings (SSSR count). The lowest BCUT2D eigenvalue weighted by atomic mass is 10.3. The molecule has 1 unspecified atom stereocenters. The number of nitrogens with zero attached hydrogens (tertiary/aromatic N) is 2. The zero-order chi connectivity index (χ0) is 13.6. The Labute approximate surface area is 125 Å². The van der Waals surface area contributed by atoms with Gasteiger partial charge >= 0.3 is 0 Å². The fourth-order valence-corrected chi connectivity index (χ4v) is 4.03. The number of hydrogen-bond acceptors (Lipinski definition) is 3. The summed E-state index contributed by atoms with van der Waals surface area (Å²) in [5.41, 5.74) is 0.0259. The van der Waals surface area contributed by atoms with Crippen LogP contribution in [0.15, 0.2) is 16.9 Å². The Bertz CT molecular complexity index is 673. The van der Waals surface area contributed by atoms with Gasteiger partial charge in [-0.15, -0.1) is 0 Å². The van der Waals surface area contributed by atoms with E-state index in [0.29, 0.717) is 15.4 Å². The first-order valence-corrected chi connectivity index (χ1v) is 7.85. The smallest absolute Gasteiger partial charge is 0.270 e. The molecule has 0 aliphatic carbocycles. The summed E-state index contributed by atoms with van der Waals surface area (Å²) < 4.78 is 2.72. The van der Waals surface area contributed by atoms with Gasteiger partial charge < -0.3 is 0 Å². The molecule has 0 spiro atoms. The van der Waals surface area contributed by atoms with Crippen molar-refractivity contribution in [3.63, 3.8) is 0 Å². The third-order valence-corrected chi connectivity index (χ3v) is 5.58. The van der Waals surface area contributed by atoms with E-state index in [9.17, 15) is 4.79 Å². The first-order chi connectivity index (χ1) is 9.08. The number of rotatable bonds is 2. The summed E-state index contributed by atoms with van der Waals surface area (Å²) in [5, 5.41) is 1.59. The molecule has 2 heterocycles. The molecule has 1 aromatic carbocycles. The van der Waals surface area contributed by atoms with E-state index < -0.39 is 0 Å². The van der Waals surface area contributed by atoms with Crippen molar-refractivity contribution in [1.82, 2.24) is 8.86 Å². The average molecular weight is 317 g/mol. The van der Waals surface area contributed by atoms with Gasteiger partial charge in [-0.25, -0.2) is 3.96 Å². The van der Waals surface area contributed by atoms with Gasteiger partial charge in [0.2, 0.25) is 0 Å². The Morgan fingerprint density at radius 3 is 2.53 bits per heavy atom. The fraction of sp³-hybridized carbons (Fsp3) is 0.462. The molecular weight excluding hydrogens is 303 g/mol. The fourth-order valence-electron chi connectivity index (χ4n) is 2.55. The van der Waals surface area contributed by atoms with Gasteiger partial charge in [-0.3, -0.25) is 9.69 Å². The summed E-state index contributed by atoms with van der Waals surface area (Å²) in [6.07, 6.45) is 2.52. The molecule has 19 heavy (non-hydrogen) atoms. The minimum Gasteiger partial charge on any atom is -0.283 e. The molecular formula is C13H14Cl2N2OS. The van der Waals surface area contributed by atoms with Crippen molar-refractivity contribution in [3.8, 4) is 0 Å². The highest BCUT2D eigenvalue weighted by Crippen LogP contribution is 2.30. The van der Waals surface area contributed by atoms with Crippen LogP contribution in [0.3, 0.4) is 0 Å². The van der Waals surface area contributed by atoms with E-state index >= 15 is 0 Å². The van der Waals surface area contributed by atoms with Crippen molar-refractivity contribution in [3.05, 3.63) is 32.5 Å². The van der Waals surface area contributed by atoms with E-state index in [0.717, 1.165) is 17.8 Å². The molecule has 6 heteroatoms. The van der Waals surface area contributed by atoms with E-state index in [-0.39, 0.29) is 11.7 Å². The molecule has 1 aliphatic heterocycles. The second-order valence-electron chi connectivity index (χ2n) is 4.86. The van der Waals surface area contributed by atoms with E-state index in [1.54, 1.807) is 12.1 Å². The molecule has 1 aliphatic rings.